The Morgan fingerprint density at radius 2 is 2.00 bits per heavy atom. The van der Waals surface area contributed by atoms with Crippen molar-refractivity contribution in [2.75, 3.05) is 19.8 Å². The number of aromatic hydroxyl groups is 1. The highest BCUT2D eigenvalue weighted by Gasteiger charge is 2.29. The minimum absolute atomic E-state index is 0.0328. The van der Waals surface area contributed by atoms with E-state index in [0.29, 0.717) is 11.1 Å². The maximum absolute atomic E-state index is 12.7. The second-order valence-corrected chi connectivity index (χ2v) is 7.20. The van der Waals surface area contributed by atoms with Crippen LogP contribution in [0.3, 0.4) is 0 Å². The Kier molecular flexibility index (Phi) is 7.39. The first-order chi connectivity index (χ1) is 15.8. The second kappa shape index (κ2) is 10.4. The van der Waals surface area contributed by atoms with Gasteiger partial charge in [0.1, 0.15) is 11.5 Å². The van der Waals surface area contributed by atoms with Crippen molar-refractivity contribution in [3.05, 3.63) is 58.7 Å². The van der Waals surface area contributed by atoms with Crippen molar-refractivity contribution in [3.63, 3.8) is 0 Å². The second-order valence-electron chi connectivity index (χ2n) is 7.20. The van der Waals surface area contributed by atoms with Gasteiger partial charge in [0, 0.05) is 25.1 Å². The molecule has 172 valence electrons. The molecule has 0 unspecified atom stereocenters. The average Bonchev–Trinajstić information content (AvgIpc) is 3.06. The molecule has 3 rings (SSSR count). The Hall–Kier alpha value is -4.21. The van der Waals surface area contributed by atoms with Crippen molar-refractivity contribution in [2.24, 2.45) is 5.10 Å². The van der Waals surface area contributed by atoms with Gasteiger partial charge in [0.2, 0.25) is 5.91 Å². The standard InChI is InChI=1S/C23H23N3O7/c1-3-32-22(30)13-33-17-5-7-19(20(28)9-17)21(29)12-26-11-16-8-15(10-24-25-14(2)27)4-6-18(16)23(26)31/h4-10,28H,3,11-13H2,1-2H3,(H,25,27). The highest BCUT2D eigenvalue weighted by molar-refractivity contribution is 6.05. The van der Waals surface area contributed by atoms with E-state index in [1.165, 1.54) is 36.2 Å². The molecule has 0 bridgehead atoms. The third kappa shape index (κ3) is 5.94. The van der Waals surface area contributed by atoms with Crippen LogP contribution in [0.25, 0.3) is 0 Å². The molecule has 10 heteroatoms. The van der Waals surface area contributed by atoms with Crippen LogP contribution in [-0.4, -0.2) is 59.5 Å². The molecule has 2 N–H and O–H groups in total. The lowest BCUT2D eigenvalue weighted by molar-refractivity contribution is -0.145. The number of esters is 1. The summed E-state index contributed by atoms with van der Waals surface area (Å²) < 4.78 is 10.00. The molecule has 2 amide bonds. The molecule has 0 aliphatic carbocycles. The quantitative estimate of drug-likeness (QED) is 0.255. The largest absolute Gasteiger partial charge is 0.507 e. The minimum atomic E-state index is -0.547. The molecule has 0 radical (unpaired) electrons. The van der Waals surface area contributed by atoms with Crippen molar-refractivity contribution in [1.29, 1.82) is 0 Å². The summed E-state index contributed by atoms with van der Waals surface area (Å²) in [5.41, 5.74) is 4.24. The monoisotopic (exact) mass is 453 g/mol. The highest BCUT2D eigenvalue weighted by Crippen LogP contribution is 2.27. The molecule has 2 aromatic carbocycles. The Bertz CT molecular complexity index is 1130. The fourth-order valence-electron chi connectivity index (χ4n) is 3.25. The number of ketones is 1. The van der Waals surface area contributed by atoms with Crippen LogP contribution in [-0.2, 0) is 20.9 Å². The molecular formula is C23H23N3O7. The number of phenolic OH excluding ortho intramolecular Hbond substituents is 1. The first-order valence-electron chi connectivity index (χ1n) is 10.1. The van der Waals surface area contributed by atoms with Crippen LogP contribution in [0.4, 0.5) is 0 Å². The van der Waals surface area contributed by atoms with Gasteiger partial charge in [-0.05, 0) is 42.3 Å². The van der Waals surface area contributed by atoms with Crippen molar-refractivity contribution < 1.29 is 33.8 Å². The SMILES string of the molecule is CCOC(=O)COc1ccc(C(=O)CN2Cc3cc(C=NNC(C)=O)ccc3C2=O)c(O)c1. The van der Waals surface area contributed by atoms with Crippen LogP contribution < -0.4 is 10.2 Å². The Balaban J connectivity index is 1.64. The molecular weight excluding hydrogens is 430 g/mol. The molecule has 0 spiro atoms. The van der Waals surface area contributed by atoms with Gasteiger partial charge in [-0.25, -0.2) is 10.2 Å². The third-order valence-corrected chi connectivity index (χ3v) is 4.71. The van der Waals surface area contributed by atoms with Gasteiger partial charge in [-0.2, -0.15) is 5.10 Å². The molecule has 0 fully saturated rings. The molecule has 0 saturated heterocycles. The zero-order valence-corrected chi connectivity index (χ0v) is 18.2. The van der Waals surface area contributed by atoms with E-state index in [1.54, 1.807) is 25.1 Å². The number of hydrogen-bond acceptors (Lipinski definition) is 8. The number of hydrogen-bond donors (Lipinski definition) is 2. The molecule has 1 aliphatic heterocycles. The highest BCUT2D eigenvalue weighted by atomic mass is 16.6. The van der Waals surface area contributed by atoms with E-state index in [-0.39, 0.29) is 55.2 Å². The first kappa shape index (κ1) is 23.5. The number of benzene rings is 2. The number of Topliss-reactive ketones (excluding diaryl/α,β-unsaturated/α-hetero) is 1. The van der Waals surface area contributed by atoms with E-state index >= 15 is 0 Å². The smallest absolute Gasteiger partial charge is 0.344 e. The number of carbonyl (C=O) groups is 4. The van der Waals surface area contributed by atoms with Crippen LogP contribution in [0.2, 0.25) is 0 Å². The predicted octanol–water partition coefficient (Wildman–Crippen LogP) is 1.64. The molecule has 0 saturated carbocycles. The van der Waals surface area contributed by atoms with Gasteiger partial charge in [0.25, 0.3) is 5.91 Å². The van der Waals surface area contributed by atoms with Gasteiger partial charge in [-0.15, -0.1) is 0 Å². The normalized spacial score (nSPS) is 12.5. The van der Waals surface area contributed by atoms with Gasteiger partial charge in [-0.1, -0.05) is 6.07 Å². The van der Waals surface area contributed by atoms with Gasteiger partial charge in [0.15, 0.2) is 12.4 Å². The number of fused-ring (bicyclic) bond motifs is 1. The fraction of sp³-hybridized carbons (Fsp3) is 0.261. The average molecular weight is 453 g/mol. The topological polar surface area (TPSA) is 135 Å². The number of amides is 2. The van der Waals surface area contributed by atoms with E-state index < -0.39 is 11.8 Å². The molecule has 33 heavy (non-hydrogen) atoms. The Morgan fingerprint density at radius 3 is 2.70 bits per heavy atom. The number of hydrazone groups is 1. The minimum Gasteiger partial charge on any atom is -0.507 e. The summed E-state index contributed by atoms with van der Waals surface area (Å²) in [6.45, 7) is 2.93. The van der Waals surface area contributed by atoms with Gasteiger partial charge >= 0.3 is 5.97 Å². The number of nitrogens with one attached hydrogen (secondary N) is 1. The third-order valence-electron chi connectivity index (χ3n) is 4.71. The summed E-state index contributed by atoms with van der Waals surface area (Å²) in [7, 11) is 0. The molecule has 0 aromatic heterocycles. The summed E-state index contributed by atoms with van der Waals surface area (Å²) in [6.07, 6.45) is 1.46. The van der Waals surface area contributed by atoms with Gasteiger partial charge < -0.3 is 19.5 Å². The van der Waals surface area contributed by atoms with Crippen molar-refractivity contribution in [1.82, 2.24) is 10.3 Å². The number of phenols is 1. The van der Waals surface area contributed by atoms with E-state index in [9.17, 15) is 24.3 Å². The van der Waals surface area contributed by atoms with E-state index in [0.717, 1.165) is 5.56 Å². The van der Waals surface area contributed by atoms with E-state index in [2.05, 4.69) is 10.5 Å². The Labute approximate surface area is 189 Å². The lowest BCUT2D eigenvalue weighted by atomic mass is 10.1. The molecule has 2 aromatic rings. The van der Waals surface area contributed by atoms with E-state index in [4.69, 9.17) is 9.47 Å². The lowest BCUT2D eigenvalue weighted by Crippen LogP contribution is -2.30. The summed E-state index contributed by atoms with van der Waals surface area (Å²) >= 11 is 0. The van der Waals surface area contributed by atoms with Gasteiger partial charge in [0.05, 0.1) is 24.9 Å². The molecule has 10 nitrogen and oxygen atoms in total. The van der Waals surface area contributed by atoms with Gasteiger partial charge in [-0.3, -0.25) is 14.4 Å². The fourth-order valence-corrected chi connectivity index (χ4v) is 3.25. The number of ether oxygens (including phenoxy) is 2. The number of carbonyl (C=O) groups excluding carboxylic acids is 4. The Morgan fingerprint density at radius 1 is 1.21 bits per heavy atom. The van der Waals surface area contributed by atoms with Crippen LogP contribution in [0.1, 0.15) is 45.7 Å². The zero-order chi connectivity index (χ0) is 24.0. The summed E-state index contributed by atoms with van der Waals surface area (Å²) in [4.78, 5) is 49.1. The van der Waals surface area contributed by atoms with Crippen LogP contribution in [0.5, 0.6) is 11.5 Å². The molecule has 0 atom stereocenters. The van der Waals surface area contributed by atoms with Crippen molar-refractivity contribution in [2.45, 2.75) is 20.4 Å². The first-order valence-corrected chi connectivity index (χ1v) is 10.1. The van der Waals surface area contributed by atoms with Crippen molar-refractivity contribution >= 4 is 29.8 Å². The summed E-state index contributed by atoms with van der Waals surface area (Å²) in [5, 5.41) is 14.0. The van der Waals surface area contributed by atoms with Crippen LogP contribution in [0.15, 0.2) is 41.5 Å². The van der Waals surface area contributed by atoms with Crippen LogP contribution >= 0.6 is 0 Å². The van der Waals surface area contributed by atoms with E-state index in [1.807, 2.05) is 0 Å². The number of nitrogens with zero attached hydrogens (tertiary/aromatic N) is 2. The van der Waals surface area contributed by atoms with Crippen molar-refractivity contribution in [3.8, 4) is 11.5 Å². The maximum atomic E-state index is 12.7. The predicted molar refractivity (Wildman–Crippen MR) is 117 cm³/mol. The zero-order valence-electron chi connectivity index (χ0n) is 18.2. The molecule has 1 aliphatic rings. The summed E-state index contributed by atoms with van der Waals surface area (Å²) in [6, 6.07) is 9.15. The summed E-state index contributed by atoms with van der Waals surface area (Å²) in [5.74, 6) is -1.70. The maximum Gasteiger partial charge on any atom is 0.344 e. The number of rotatable bonds is 9. The lowest BCUT2D eigenvalue weighted by Gasteiger charge is -2.15. The molecule has 1 heterocycles. The van der Waals surface area contributed by atoms with Crippen LogP contribution in [0, 0.1) is 0 Å².